The molecule has 1 atom stereocenters. The van der Waals surface area contributed by atoms with Gasteiger partial charge in [0.05, 0.1) is 6.61 Å². The zero-order valence-corrected chi connectivity index (χ0v) is 9.39. The number of esters is 1. The van der Waals surface area contributed by atoms with Crippen LogP contribution in [0.5, 0.6) is 0 Å². The fraction of sp³-hybridized carbons (Fsp3) is 0.889. The van der Waals surface area contributed by atoms with Crippen LogP contribution in [0, 0.1) is 5.92 Å². The molecule has 0 fully saturated rings. The van der Waals surface area contributed by atoms with Gasteiger partial charge in [0.2, 0.25) is 0 Å². The molecule has 72 valence electrons. The second-order valence-corrected chi connectivity index (χ2v) is 3.74. The van der Waals surface area contributed by atoms with Crippen molar-refractivity contribution in [3.63, 3.8) is 0 Å². The maximum absolute atomic E-state index is 11.0. The number of carbonyl (C=O) groups excluding carboxylic acids is 1. The number of ether oxygens (including phenoxy) is 1. The van der Waals surface area contributed by atoms with Gasteiger partial charge in [-0.25, -0.2) is 0 Å². The van der Waals surface area contributed by atoms with E-state index in [4.69, 9.17) is 4.74 Å². The number of hydrogen-bond acceptors (Lipinski definition) is 2. The fourth-order valence-electron chi connectivity index (χ4n) is 1.03. The van der Waals surface area contributed by atoms with Gasteiger partial charge in [-0.2, -0.15) is 0 Å². The molecular weight excluding hydrogens is 220 g/mol. The van der Waals surface area contributed by atoms with Gasteiger partial charge in [-0.1, -0.05) is 22.9 Å². The molecule has 0 radical (unpaired) electrons. The summed E-state index contributed by atoms with van der Waals surface area (Å²) in [5, 5.41) is 1.01. The summed E-state index contributed by atoms with van der Waals surface area (Å²) in [5.41, 5.74) is 0. The molecule has 0 bridgehead atoms. The molecule has 3 heteroatoms. The van der Waals surface area contributed by atoms with Crippen molar-refractivity contribution in [2.75, 3.05) is 11.9 Å². The summed E-state index contributed by atoms with van der Waals surface area (Å²) < 4.78 is 4.84. The first-order valence-corrected chi connectivity index (χ1v) is 5.54. The SMILES string of the molecule is CCOC(=O)C[C@H](C)CCCBr. The second-order valence-electron chi connectivity index (χ2n) is 2.95. The van der Waals surface area contributed by atoms with Gasteiger partial charge in [-0.3, -0.25) is 4.79 Å². The van der Waals surface area contributed by atoms with E-state index in [1.165, 1.54) is 0 Å². The normalized spacial score (nSPS) is 12.6. The Balaban J connectivity index is 3.40. The van der Waals surface area contributed by atoms with Crippen LogP contribution < -0.4 is 0 Å². The smallest absolute Gasteiger partial charge is 0.306 e. The van der Waals surface area contributed by atoms with Crippen LogP contribution in [0.25, 0.3) is 0 Å². The third-order valence-electron chi connectivity index (χ3n) is 1.65. The van der Waals surface area contributed by atoms with Crippen LogP contribution in [0.1, 0.15) is 33.1 Å². The van der Waals surface area contributed by atoms with E-state index in [0.29, 0.717) is 18.9 Å². The van der Waals surface area contributed by atoms with Gasteiger partial charge < -0.3 is 4.74 Å². The predicted octanol–water partition coefficient (Wildman–Crippen LogP) is 2.75. The number of halogens is 1. The topological polar surface area (TPSA) is 26.3 Å². The zero-order valence-electron chi connectivity index (χ0n) is 7.81. The largest absolute Gasteiger partial charge is 0.466 e. The van der Waals surface area contributed by atoms with Crippen LogP contribution in [-0.2, 0) is 9.53 Å². The molecule has 0 aromatic carbocycles. The van der Waals surface area contributed by atoms with E-state index in [9.17, 15) is 4.79 Å². The van der Waals surface area contributed by atoms with E-state index in [-0.39, 0.29) is 5.97 Å². The molecule has 0 spiro atoms. The highest BCUT2D eigenvalue weighted by molar-refractivity contribution is 9.09. The molecule has 0 unspecified atom stereocenters. The van der Waals surface area contributed by atoms with Crippen molar-refractivity contribution < 1.29 is 9.53 Å². The minimum absolute atomic E-state index is 0.0698. The van der Waals surface area contributed by atoms with Crippen LogP contribution in [0.15, 0.2) is 0 Å². The monoisotopic (exact) mass is 236 g/mol. The highest BCUT2D eigenvalue weighted by atomic mass is 79.9. The number of rotatable bonds is 6. The molecule has 0 saturated carbocycles. The Labute approximate surface area is 82.8 Å². The number of hydrogen-bond donors (Lipinski definition) is 0. The highest BCUT2D eigenvalue weighted by Crippen LogP contribution is 2.11. The first kappa shape index (κ1) is 11.9. The van der Waals surface area contributed by atoms with Gasteiger partial charge in [-0.15, -0.1) is 0 Å². The van der Waals surface area contributed by atoms with Crippen LogP contribution in [0.3, 0.4) is 0 Å². The van der Waals surface area contributed by atoms with Gasteiger partial charge in [0.25, 0.3) is 0 Å². The maximum Gasteiger partial charge on any atom is 0.306 e. The van der Waals surface area contributed by atoms with Gasteiger partial charge in [-0.05, 0) is 25.7 Å². The van der Waals surface area contributed by atoms with Gasteiger partial charge in [0.1, 0.15) is 0 Å². The molecule has 0 aliphatic heterocycles. The Morgan fingerprint density at radius 3 is 2.75 bits per heavy atom. The minimum atomic E-state index is -0.0698. The van der Waals surface area contributed by atoms with Crippen molar-refractivity contribution in [1.29, 1.82) is 0 Å². The number of carbonyl (C=O) groups is 1. The lowest BCUT2D eigenvalue weighted by Gasteiger charge is -2.08. The molecule has 2 nitrogen and oxygen atoms in total. The first-order chi connectivity index (χ1) is 5.70. The summed E-state index contributed by atoms with van der Waals surface area (Å²) in [6.07, 6.45) is 2.77. The van der Waals surface area contributed by atoms with Crippen molar-refractivity contribution in [3.8, 4) is 0 Å². The van der Waals surface area contributed by atoms with E-state index >= 15 is 0 Å². The summed E-state index contributed by atoms with van der Waals surface area (Å²) in [6.45, 7) is 4.41. The van der Waals surface area contributed by atoms with Crippen molar-refractivity contribution >= 4 is 21.9 Å². The molecular formula is C9H17BrO2. The Morgan fingerprint density at radius 2 is 2.25 bits per heavy atom. The van der Waals surface area contributed by atoms with E-state index < -0.39 is 0 Å². The number of alkyl halides is 1. The summed E-state index contributed by atoms with van der Waals surface area (Å²) in [7, 11) is 0. The van der Waals surface area contributed by atoms with Crippen molar-refractivity contribution in [2.24, 2.45) is 5.92 Å². The molecule has 0 aliphatic carbocycles. The fourth-order valence-corrected chi connectivity index (χ4v) is 1.36. The second kappa shape index (κ2) is 7.59. The van der Waals surface area contributed by atoms with E-state index in [1.54, 1.807) is 0 Å². The van der Waals surface area contributed by atoms with Gasteiger partial charge in [0.15, 0.2) is 0 Å². The molecule has 12 heavy (non-hydrogen) atoms. The maximum atomic E-state index is 11.0. The third-order valence-corrected chi connectivity index (χ3v) is 2.21. The summed E-state index contributed by atoms with van der Waals surface area (Å²) >= 11 is 3.36. The molecule has 0 saturated heterocycles. The molecule has 0 aliphatic rings. The lowest BCUT2D eigenvalue weighted by molar-refractivity contribution is -0.144. The average molecular weight is 237 g/mol. The van der Waals surface area contributed by atoms with Crippen molar-refractivity contribution in [1.82, 2.24) is 0 Å². The molecule has 0 aromatic rings. The highest BCUT2D eigenvalue weighted by Gasteiger charge is 2.08. The Hall–Kier alpha value is -0.0500. The van der Waals surface area contributed by atoms with E-state index in [2.05, 4.69) is 22.9 Å². The lowest BCUT2D eigenvalue weighted by atomic mass is 10.0. The van der Waals surface area contributed by atoms with Crippen LogP contribution >= 0.6 is 15.9 Å². The lowest BCUT2D eigenvalue weighted by Crippen LogP contribution is -2.09. The Morgan fingerprint density at radius 1 is 1.58 bits per heavy atom. The Bertz CT molecular complexity index is 126. The summed E-state index contributed by atoms with van der Waals surface area (Å²) in [5.74, 6) is 0.376. The third kappa shape index (κ3) is 6.65. The van der Waals surface area contributed by atoms with E-state index in [1.807, 2.05) is 6.92 Å². The molecule has 0 heterocycles. The molecule has 0 N–H and O–H groups in total. The van der Waals surface area contributed by atoms with Gasteiger partial charge in [0, 0.05) is 11.8 Å². The average Bonchev–Trinajstić information content (AvgIpc) is 2.01. The molecule has 0 rings (SSSR count). The molecule has 0 amide bonds. The summed E-state index contributed by atoms with van der Waals surface area (Å²) in [6, 6.07) is 0. The summed E-state index contributed by atoms with van der Waals surface area (Å²) in [4.78, 5) is 11.0. The minimum Gasteiger partial charge on any atom is -0.466 e. The van der Waals surface area contributed by atoms with Crippen LogP contribution in [-0.4, -0.2) is 17.9 Å². The predicted molar refractivity (Wildman–Crippen MR) is 53.4 cm³/mol. The zero-order chi connectivity index (χ0) is 9.40. The standard InChI is InChI=1S/C9H17BrO2/c1-3-12-9(11)7-8(2)5-4-6-10/h8H,3-7H2,1-2H3/t8-/m1/s1. The Kier molecular flexibility index (Phi) is 7.56. The van der Waals surface area contributed by atoms with Crippen molar-refractivity contribution in [2.45, 2.75) is 33.1 Å². The molecule has 0 aromatic heterocycles. The quantitative estimate of drug-likeness (QED) is 0.524. The first-order valence-electron chi connectivity index (χ1n) is 4.42. The van der Waals surface area contributed by atoms with Crippen LogP contribution in [0.2, 0.25) is 0 Å². The van der Waals surface area contributed by atoms with Gasteiger partial charge >= 0.3 is 5.97 Å². The van der Waals surface area contributed by atoms with E-state index in [0.717, 1.165) is 18.2 Å². The van der Waals surface area contributed by atoms with Crippen LogP contribution in [0.4, 0.5) is 0 Å². The van der Waals surface area contributed by atoms with Crippen molar-refractivity contribution in [3.05, 3.63) is 0 Å².